The van der Waals surface area contributed by atoms with E-state index in [0.717, 1.165) is 23.6 Å². The summed E-state index contributed by atoms with van der Waals surface area (Å²) in [6.45, 7) is 2.94. The average molecular weight is 291 g/mol. The number of ether oxygens (including phenoxy) is 1. The summed E-state index contributed by atoms with van der Waals surface area (Å²) in [5, 5.41) is 4.30. The Bertz CT molecular complexity index is 525. The predicted molar refractivity (Wildman–Crippen MR) is 82.1 cm³/mol. The van der Waals surface area contributed by atoms with Gasteiger partial charge in [0.05, 0.1) is 7.11 Å². The molecule has 1 aromatic carbocycles. The SMILES string of the molecule is CCC(NCc1ccc(OC)nc1)c1ccc(Cl)cc1. The van der Waals surface area contributed by atoms with E-state index in [1.54, 1.807) is 7.11 Å². The van der Waals surface area contributed by atoms with Crippen molar-refractivity contribution in [2.75, 3.05) is 7.11 Å². The lowest BCUT2D eigenvalue weighted by Crippen LogP contribution is -2.20. The van der Waals surface area contributed by atoms with Gasteiger partial charge in [-0.25, -0.2) is 4.98 Å². The summed E-state index contributed by atoms with van der Waals surface area (Å²) in [6.07, 6.45) is 2.85. The Morgan fingerprint density at radius 3 is 2.50 bits per heavy atom. The molecule has 20 heavy (non-hydrogen) atoms. The first-order valence-electron chi connectivity index (χ1n) is 6.70. The summed E-state index contributed by atoms with van der Waals surface area (Å²) in [5.74, 6) is 0.637. The summed E-state index contributed by atoms with van der Waals surface area (Å²) < 4.78 is 5.05. The van der Waals surface area contributed by atoms with Gasteiger partial charge < -0.3 is 10.1 Å². The molecule has 0 fully saturated rings. The minimum absolute atomic E-state index is 0.314. The van der Waals surface area contributed by atoms with Crippen molar-refractivity contribution in [1.29, 1.82) is 0 Å². The van der Waals surface area contributed by atoms with E-state index in [-0.39, 0.29) is 0 Å². The summed E-state index contributed by atoms with van der Waals surface area (Å²) in [4.78, 5) is 4.21. The molecule has 0 saturated carbocycles. The molecule has 0 aliphatic heterocycles. The van der Waals surface area contributed by atoms with Crippen LogP contribution in [0.2, 0.25) is 5.02 Å². The number of hydrogen-bond acceptors (Lipinski definition) is 3. The number of aromatic nitrogens is 1. The molecule has 0 saturated heterocycles. The lowest BCUT2D eigenvalue weighted by Gasteiger charge is -2.17. The fraction of sp³-hybridized carbons (Fsp3) is 0.312. The number of rotatable bonds is 6. The van der Waals surface area contributed by atoms with Crippen LogP contribution in [0.15, 0.2) is 42.6 Å². The molecule has 0 amide bonds. The van der Waals surface area contributed by atoms with Gasteiger partial charge in [-0.2, -0.15) is 0 Å². The maximum atomic E-state index is 5.92. The molecular formula is C16H19ClN2O. The molecule has 3 nitrogen and oxygen atoms in total. The largest absolute Gasteiger partial charge is 0.481 e. The zero-order valence-electron chi connectivity index (χ0n) is 11.8. The molecule has 0 bridgehead atoms. The minimum Gasteiger partial charge on any atom is -0.481 e. The van der Waals surface area contributed by atoms with Crippen LogP contribution in [0, 0.1) is 0 Å². The lowest BCUT2D eigenvalue weighted by molar-refractivity contribution is 0.397. The van der Waals surface area contributed by atoms with Crippen LogP contribution in [0.5, 0.6) is 5.88 Å². The fourth-order valence-corrected chi connectivity index (χ4v) is 2.20. The molecule has 1 atom stereocenters. The molecule has 0 aliphatic rings. The highest BCUT2D eigenvalue weighted by Gasteiger charge is 2.08. The Morgan fingerprint density at radius 1 is 1.20 bits per heavy atom. The fourth-order valence-electron chi connectivity index (χ4n) is 2.07. The van der Waals surface area contributed by atoms with E-state index in [0.29, 0.717) is 11.9 Å². The second kappa shape index (κ2) is 7.27. The van der Waals surface area contributed by atoms with Crippen LogP contribution in [0.1, 0.15) is 30.5 Å². The number of halogens is 1. The van der Waals surface area contributed by atoms with Crippen molar-refractivity contribution in [1.82, 2.24) is 10.3 Å². The molecule has 0 aliphatic carbocycles. The van der Waals surface area contributed by atoms with Crippen LogP contribution >= 0.6 is 11.6 Å². The summed E-state index contributed by atoms with van der Waals surface area (Å²) >= 11 is 5.92. The van der Waals surface area contributed by atoms with E-state index in [2.05, 4.69) is 29.4 Å². The van der Waals surface area contributed by atoms with Gasteiger partial charge in [-0.3, -0.25) is 0 Å². The van der Waals surface area contributed by atoms with Crippen molar-refractivity contribution in [3.63, 3.8) is 0 Å². The molecule has 1 heterocycles. The van der Waals surface area contributed by atoms with Crippen molar-refractivity contribution in [3.8, 4) is 5.88 Å². The Kier molecular flexibility index (Phi) is 5.39. The van der Waals surface area contributed by atoms with Crippen molar-refractivity contribution in [2.45, 2.75) is 25.9 Å². The summed E-state index contributed by atoms with van der Waals surface area (Å²) in [6, 6.07) is 12.2. The van der Waals surface area contributed by atoms with Gasteiger partial charge in [0.25, 0.3) is 0 Å². The van der Waals surface area contributed by atoms with E-state index in [1.165, 1.54) is 5.56 Å². The smallest absolute Gasteiger partial charge is 0.212 e. The molecule has 1 unspecified atom stereocenters. The summed E-state index contributed by atoms with van der Waals surface area (Å²) in [7, 11) is 1.62. The maximum Gasteiger partial charge on any atom is 0.212 e. The normalized spacial score (nSPS) is 12.2. The molecule has 2 rings (SSSR count). The second-order valence-corrected chi connectivity index (χ2v) is 5.04. The van der Waals surface area contributed by atoms with Crippen LogP contribution in [-0.2, 0) is 6.54 Å². The van der Waals surface area contributed by atoms with Crippen molar-refractivity contribution in [2.24, 2.45) is 0 Å². The van der Waals surface area contributed by atoms with Crippen LogP contribution < -0.4 is 10.1 Å². The van der Waals surface area contributed by atoms with Gasteiger partial charge in [-0.1, -0.05) is 36.7 Å². The Hall–Kier alpha value is -1.58. The Morgan fingerprint density at radius 2 is 1.95 bits per heavy atom. The van der Waals surface area contributed by atoms with Crippen molar-refractivity contribution in [3.05, 3.63) is 58.7 Å². The number of nitrogens with one attached hydrogen (secondary N) is 1. The van der Waals surface area contributed by atoms with Crippen LogP contribution in [0.3, 0.4) is 0 Å². The first-order chi connectivity index (χ1) is 9.72. The molecule has 4 heteroatoms. The maximum absolute atomic E-state index is 5.92. The van der Waals surface area contributed by atoms with Gasteiger partial charge in [-0.15, -0.1) is 0 Å². The van der Waals surface area contributed by atoms with Gasteiger partial charge in [0, 0.05) is 29.9 Å². The lowest BCUT2D eigenvalue weighted by atomic mass is 10.0. The van der Waals surface area contributed by atoms with Gasteiger partial charge in [0.2, 0.25) is 5.88 Å². The number of benzene rings is 1. The molecule has 106 valence electrons. The molecule has 1 aromatic heterocycles. The second-order valence-electron chi connectivity index (χ2n) is 4.60. The van der Waals surface area contributed by atoms with Crippen molar-refractivity contribution >= 4 is 11.6 Å². The van der Waals surface area contributed by atoms with Gasteiger partial charge in [-0.05, 0) is 29.7 Å². The van der Waals surface area contributed by atoms with Crippen LogP contribution in [-0.4, -0.2) is 12.1 Å². The van der Waals surface area contributed by atoms with E-state index in [9.17, 15) is 0 Å². The number of methoxy groups -OCH3 is 1. The summed E-state index contributed by atoms with van der Waals surface area (Å²) in [5.41, 5.74) is 2.39. The third kappa shape index (κ3) is 3.95. The minimum atomic E-state index is 0.314. The van der Waals surface area contributed by atoms with E-state index in [4.69, 9.17) is 16.3 Å². The van der Waals surface area contributed by atoms with Crippen LogP contribution in [0.25, 0.3) is 0 Å². The quantitative estimate of drug-likeness (QED) is 0.873. The first-order valence-corrected chi connectivity index (χ1v) is 7.08. The zero-order valence-corrected chi connectivity index (χ0v) is 12.5. The van der Waals surface area contributed by atoms with Crippen LogP contribution in [0.4, 0.5) is 0 Å². The Balaban J connectivity index is 1.97. The Labute approximate surface area is 124 Å². The number of nitrogens with zero attached hydrogens (tertiary/aromatic N) is 1. The molecule has 0 radical (unpaired) electrons. The molecule has 1 N–H and O–H groups in total. The van der Waals surface area contributed by atoms with Gasteiger partial charge >= 0.3 is 0 Å². The van der Waals surface area contributed by atoms with Gasteiger partial charge in [0.1, 0.15) is 0 Å². The van der Waals surface area contributed by atoms with E-state index >= 15 is 0 Å². The van der Waals surface area contributed by atoms with Crippen molar-refractivity contribution < 1.29 is 4.74 Å². The molecule has 2 aromatic rings. The topological polar surface area (TPSA) is 34.1 Å². The van der Waals surface area contributed by atoms with Gasteiger partial charge in [0.15, 0.2) is 0 Å². The first kappa shape index (κ1) is 14.8. The monoisotopic (exact) mass is 290 g/mol. The standard InChI is InChI=1S/C16H19ClN2O/c1-3-15(13-5-7-14(17)8-6-13)18-10-12-4-9-16(20-2)19-11-12/h4-9,11,15,18H,3,10H2,1-2H3. The number of pyridine rings is 1. The van der Waals surface area contributed by atoms with E-state index in [1.807, 2.05) is 30.5 Å². The number of hydrogen-bond donors (Lipinski definition) is 1. The molecule has 0 spiro atoms. The highest BCUT2D eigenvalue weighted by molar-refractivity contribution is 6.30. The zero-order chi connectivity index (χ0) is 14.4. The average Bonchev–Trinajstić information content (AvgIpc) is 2.50. The van der Waals surface area contributed by atoms with E-state index < -0.39 is 0 Å². The third-order valence-electron chi connectivity index (χ3n) is 3.24. The highest BCUT2D eigenvalue weighted by Crippen LogP contribution is 2.19. The predicted octanol–water partition coefficient (Wildman–Crippen LogP) is 3.98. The molecular weight excluding hydrogens is 272 g/mol. The highest BCUT2D eigenvalue weighted by atomic mass is 35.5. The third-order valence-corrected chi connectivity index (χ3v) is 3.49.